The molecule has 1 atom stereocenters. The summed E-state index contributed by atoms with van der Waals surface area (Å²) in [5.41, 5.74) is 6.87. The molecule has 7 rings (SSSR count). The molecule has 6 aromatic rings. The van der Waals surface area contributed by atoms with Gasteiger partial charge in [0.2, 0.25) is 0 Å². The molecule has 2 N–H and O–H groups in total. The third kappa shape index (κ3) is 5.96. The van der Waals surface area contributed by atoms with Crippen LogP contribution >= 0.6 is 11.8 Å². The van der Waals surface area contributed by atoms with Gasteiger partial charge in [0.25, 0.3) is 17.4 Å². The normalized spacial score (nSPS) is 15.3. The molecule has 8 nitrogen and oxygen atoms in total. The van der Waals surface area contributed by atoms with E-state index in [-0.39, 0.29) is 16.9 Å². The smallest absolute Gasteiger partial charge is 0.280 e. The maximum Gasteiger partial charge on any atom is 0.280 e. The number of benzene rings is 5. The molecule has 2 heterocycles. The molecular weight excluding hydrogens is 628 g/mol. The Morgan fingerprint density at radius 2 is 1.62 bits per heavy atom. The fourth-order valence-corrected chi connectivity index (χ4v) is 6.66. The maximum absolute atomic E-state index is 13.8. The number of amides is 2. The summed E-state index contributed by atoms with van der Waals surface area (Å²) in [5, 5.41) is 10.9. The van der Waals surface area contributed by atoms with Crippen molar-refractivity contribution < 1.29 is 19.1 Å². The zero-order valence-corrected chi connectivity index (χ0v) is 26.3. The van der Waals surface area contributed by atoms with Gasteiger partial charge in [-0.25, -0.2) is 14.4 Å². The van der Waals surface area contributed by atoms with Crippen molar-refractivity contribution in [3.05, 3.63) is 165 Å². The molecule has 1 fully saturated rings. The van der Waals surface area contributed by atoms with Crippen LogP contribution in [0.2, 0.25) is 0 Å². The summed E-state index contributed by atoms with van der Waals surface area (Å²) in [7, 11) is 0. The van der Waals surface area contributed by atoms with Gasteiger partial charge in [0.15, 0.2) is 0 Å². The number of aromatic hydroxyl groups is 1. The van der Waals surface area contributed by atoms with Gasteiger partial charge in [-0.05, 0) is 84.8 Å². The first-order valence-corrected chi connectivity index (χ1v) is 15.9. The fraction of sp³-hybridized carbons (Fsp3) is 0.0526. The maximum atomic E-state index is 13.8. The van der Waals surface area contributed by atoms with E-state index in [0.717, 1.165) is 11.1 Å². The van der Waals surface area contributed by atoms with Crippen molar-refractivity contribution in [2.24, 2.45) is 0 Å². The quantitative estimate of drug-likeness (QED) is 0.185. The van der Waals surface area contributed by atoms with E-state index in [0.29, 0.717) is 38.4 Å². The van der Waals surface area contributed by atoms with Crippen LogP contribution in [0.25, 0.3) is 34.1 Å². The Labute approximate surface area is 278 Å². The predicted octanol–water partition coefficient (Wildman–Crippen LogP) is 7.17. The average molecular weight is 655 g/mol. The van der Waals surface area contributed by atoms with Crippen molar-refractivity contribution >= 4 is 40.6 Å². The number of para-hydroxylation sites is 1. The van der Waals surface area contributed by atoms with Crippen LogP contribution in [0.15, 0.2) is 131 Å². The number of hydrazine groups is 1. The second-order valence-electron chi connectivity index (χ2n) is 11.2. The molecule has 1 saturated heterocycles. The first-order valence-electron chi connectivity index (χ1n) is 15.0. The van der Waals surface area contributed by atoms with E-state index < -0.39 is 23.0 Å². The Morgan fingerprint density at radius 1 is 0.896 bits per heavy atom. The number of halogens is 1. The van der Waals surface area contributed by atoms with Gasteiger partial charge < -0.3 is 5.11 Å². The highest BCUT2D eigenvalue weighted by Gasteiger charge is 2.38. The molecule has 5 aromatic carbocycles. The number of thioether (sulfide) groups is 1. The number of fused-ring (bicyclic) bond motifs is 1. The Morgan fingerprint density at radius 3 is 2.35 bits per heavy atom. The van der Waals surface area contributed by atoms with Crippen LogP contribution in [-0.4, -0.2) is 31.5 Å². The lowest BCUT2D eigenvalue weighted by atomic mass is 10.1. The van der Waals surface area contributed by atoms with Crippen LogP contribution in [0.4, 0.5) is 4.39 Å². The largest absolute Gasteiger partial charge is 0.508 e. The van der Waals surface area contributed by atoms with Crippen LogP contribution < -0.4 is 11.0 Å². The molecule has 2 amide bonds. The summed E-state index contributed by atoms with van der Waals surface area (Å²) >= 11 is 1.20. The summed E-state index contributed by atoms with van der Waals surface area (Å²) in [6.45, 7) is 1.98. The van der Waals surface area contributed by atoms with Crippen LogP contribution in [-0.2, 0) is 4.79 Å². The van der Waals surface area contributed by atoms with Crippen molar-refractivity contribution in [2.45, 2.75) is 12.3 Å². The molecule has 10 heteroatoms. The SMILES string of the molecule is Cc1ccc(-c2nc3ccccc3c(=O)n2-c2ccc(C(=O)NN3C(=O)/C(=C/c4cccc(O)c4)SC3c3ccc(F)cc3)cc2)cc1. The van der Waals surface area contributed by atoms with Gasteiger partial charge in [0.1, 0.15) is 22.8 Å². The average Bonchev–Trinajstić information content (AvgIpc) is 3.39. The standard InChI is InChI=1S/C38H27FN4O4S/c1-23-9-11-25(12-10-23)34-40-32-8-3-2-7-31(32)36(46)42(34)29-19-15-26(16-20-29)35(45)41-43-37(47)33(22-24-5-4-6-30(44)21-24)48-38(43)27-13-17-28(39)18-14-27/h2-22,38,44H,1H3,(H,41,45)/b33-22-. The van der Waals surface area contributed by atoms with Crippen molar-refractivity contribution in [3.8, 4) is 22.8 Å². The summed E-state index contributed by atoms with van der Waals surface area (Å²) in [4.78, 5) is 46.2. The number of nitrogens with zero attached hydrogens (tertiary/aromatic N) is 3. The Hall–Kier alpha value is -6.00. The summed E-state index contributed by atoms with van der Waals surface area (Å²) in [6.07, 6.45) is 1.63. The zero-order valence-electron chi connectivity index (χ0n) is 25.5. The van der Waals surface area contributed by atoms with Crippen molar-refractivity contribution in [1.29, 1.82) is 0 Å². The molecule has 0 saturated carbocycles. The first kappa shape index (κ1) is 30.6. The lowest BCUT2D eigenvalue weighted by Crippen LogP contribution is -2.44. The van der Waals surface area contributed by atoms with Crippen molar-refractivity contribution in [1.82, 2.24) is 20.0 Å². The van der Waals surface area contributed by atoms with Crippen LogP contribution in [0.3, 0.4) is 0 Å². The second-order valence-corrected chi connectivity index (χ2v) is 12.4. The molecule has 0 aliphatic carbocycles. The van der Waals surface area contributed by atoms with Gasteiger partial charge in [-0.1, -0.05) is 78.0 Å². The number of rotatable bonds is 6. The van der Waals surface area contributed by atoms with Crippen LogP contribution in [0, 0.1) is 12.7 Å². The van der Waals surface area contributed by atoms with Gasteiger partial charge in [0, 0.05) is 11.1 Å². The molecule has 0 bridgehead atoms. The van der Waals surface area contributed by atoms with E-state index in [1.807, 2.05) is 37.3 Å². The minimum absolute atomic E-state index is 0.0520. The number of hydrogen-bond donors (Lipinski definition) is 2. The van der Waals surface area contributed by atoms with E-state index in [2.05, 4.69) is 5.43 Å². The molecule has 1 aliphatic heterocycles. The molecule has 1 aromatic heterocycles. The Balaban J connectivity index is 1.21. The van der Waals surface area contributed by atoms with Crippen LogP contribution in [0.5, 0.6) is 5.75 Å². The third-order valence-corrected chi connectivity index (χ3v) is 9.17. The van der Waals surface area contributed by atoms with Crippen molar-refractivity contribution in [2.75, 3.05) is 0 Å². The number of phenolic OH excluding ortho intramolecular Hbond substituents is 1. The predicted molar refractivity (Wildman–Crippen MR) is 185 cm³/mol. The molecule has 0 spiro atoms. The lowest BCUT2D eigenvalue weighted by Gasteiger charge is -2.24. The van der Waals surface area contributed by atoms with Gasteiger partial charge in [0.05, 0.1) is 21.5 Å². The summed E-state index contributed by atoms with van der Waals surface area (Å²) in [6, 6.07) is 33.5. The lowest BCUT2D eigenvalue weighted by molar-refractivity contribution is -0.128. The summed E-state index contributed by atoms with van der Waals surface area (Å²) < 4.78 is 15.3. The summed E-state index contributed by atoms with van der Waals surface area (Å²) in [5.74, 6) is -0.923. The molecule has 1 unspecified atom stereocenters. The van der Waals surface area contributed by atoms with Gasteiger partial charge in [-0.15, -0.1) is 0 Å². The Kier molecular flexibility index (Phi) is 8.08. The number of nitrogens with one attached hydrogen (secondary N) is 1. The van der Waals surface area contributed by atoms with Crippen LogP contribution in [0.1, 0.15) is 32.4 Å². The van der Waals surface area contributed by atoms with Gasteiger partial charge in [-0.3, -0.25) is 24.4 Å². The topological polar surface area (TPSA) is 105 Å². The number of carbonyl (C=O) groups excluding carboxylic acids is 2. The number of phenols is 1. The van der Waals surface area contributed by atoms with E-state index in [4.69, 9.17) is 4.98 Å². The zero-order chi connectivity index (χ0) is 33.4. The highest BCUT2D eigenvalue weighted by molar-refractivity contribution is 8.04. The monoisotopic (exact) mass is 654 g/mol. The molecule has 48 heavy (non-hydrogen) atoms. The van der Waals surface area contributed by atoms with Gasteiger partial charge in [-0.2, -0.15) is 0 Å². The first-order chi connectivity index (χ1) is 23.2. The van der Waals surface area contributed by atoms with Crippen molar-refractivity contribution in [3.63, 3.8) is 0 Å². The van der Waals surface area contributed by atoms with E-state index in [1.54, 1.807) is 72.8 Å². The number of hydrogen-bond acceptors (Lipinski definition) is 6. The van der Waals surface area contributed by atoms with E-state index in [1.165, 1.54) is 45.6 Å². The third-order valence-electron chi connectivity index (χ3n) is 7.92. The van der Waals surface area contributed by atoms with Gasteiger partial charge >= 0.3 is 0 Å². The van der Waals surface area contributed by atoms with E-state index in [9.17, 15) is 23.9 Å². The highest BCUT2D eigenvalue weighted by Crippen LogP contribution is 2.45. The Bertz CT molecular complexity index is 2290. The van der Waals surface area contributed by atoms with E-state index >= 15 is 0 Å². The second kappa shape index (κ2) is 12.7. The number of aromatic nitrogens is 2. The number of aryl methyl sites for hydroxylation is 1. The number of carbonyl (C=O) groups is 2. The molecular formula is C38H27FN4O4S. The minimum atomic E-state index is -0.677. The molecule has 236 valence electrons. The molecule has 1 aliphatic rings. The molecule has 0 radical (unpaired) electrons. The highest BCUT2D eigenvalue weighted by atomic mass is 32.2. The minimum Gasteiger partial charge on any atom is -0.508 e. The fourth-order valence-electron chi connectivity index (χ4n) is 5.47.